The molecule has 3 rings (SSSR count). The molecule has 134 valence electrons. The number of nitrogens with zero attached hydrogens (tertiary/aromatic N) is 4. The number of non-ortho nitro benzene ring substituents is 1. The van der Waals surface area contributed by atoms with Crippen molar-refractivity contribution in [2.75, 3.05) is 11.1 Å². The number of aryl methyl sites for hydroxylation is 1. The van der Waals surface area contributed by atoms with Gasteiger partial charge in [0.15, 0.2) is 5.16 Å². The number of H-pyrrole nitrogens is 1. The summed E-state index contributed by atoms with van der Waals surface area (Å²) in [4.78, 5) is 36.6. The van der Waals surface area contributed by atoms with Crippen LogP contribution in [0.5, 0.6) is 0 Å². The number of fused-ring (bicyclic) bond motifs is 1. The molecule has 3 aromatic rings. The molecule has 0 unspecified atom stereocenters. The molecule has 0 spiro atoms. The summed E-state index contributed by atoms with van der Waals surface area (Å²) in [5.74, 6) is 0.0887. The molecule has 11 heteroatoms. The molecule has 1 aromatic carbocycles. The highest BCUT2D eigenvalue weighted by atomic mass is 32.2. The van der Waals surface area contributed by atoms with Gasteiger partial charge in [-0.3, -0.25) is 29.1 Å². The van der Waals surface area contributed by atoms with Crippen molar-refractivity contribution in [3.8, 4) is 0 Å². The Bertz CT molecular complexity index is 1060. The van der Waals surface area contributed by atoms with Gasteiger partial charge in [-0.25, -0.2) is 0 Å². The van der Waals surface area contributed by atoms with Crippen LogP contribution in [0.15, 0.2) is 34.2 Å². The van der Waals surface area contributed by atoms with Crippen LogP contribution >= 0.6 is 11.8 Å². The van der Waals surface area contributed by atoms with Crippen LogP contribution in [0.4, 0.5) is 11.4 Å². The molecule has 2 heterocycles. The van der Waals surface area contributed by atoms with E-state index in [-0.39, 0.29) is 22.9 Å². The highest BCUT2D eigenvalue weighted by Crippen LogP contribution is 2.19. The lowest BCUT2D eigenvalue weighted by Crippen LogP contribution is -2.16. The third kappa shape index (κ3) is 3.42. The van der Waals surface area contributed by atoms with Crippen molar-refractivity contribution in [1.82, 2.24) is 19.6 Å². The molecular weight excluding hydrogens is 360 g/mol. The second-order valence-electron chi connectivity index (χ2n) is 5.45. The molecule has 2 N–H and O–H groups in total. The monoisotopic (exact) mass is 374 g/mol. The molecule has 0 bridgehead atoms. The number of carbonyl (C=O) groups is 1. The van der Waals surface area contributed by atoms with Gasteiger partial charge in [0.25, 0.3) is 11.2 Å². The van der Waals surface area contributed by atoms with E-state index in [0.29, 0.717) is 27.9 Å². The molecular formula is C15H14N6O4S. The number of nitrogens with one attached hydrogen (secondary N) is 2. The number of aromatic nitrogens is 4. The number of benzene rings is 1. The van der Waals surface area contributed by atoms with E-state index >= 15 is 0 Å². The van der Waals surface area contributed by atoms with Crippen molar-refractivity contribution in [1.29, 1.82) is 0 Å². The van der Waals surface area contributed by atoms with E-state index in [1.165, 1.54) is 36.0 Å². The van der Waals surface area contributed by atoms with Crippen LogP contribution < -0.4 is 10.9 Å². The quantitative estimate of drug-likeness (QED) is 0.394. The first-order valence-corrected chi connectivity index (χ1v) is 8.47. The fraction of sp³-hybridized carbons (Fsp3) is 0.200. The Morgan fingerprint density at radius 3 is 2.65 bits per heavy atom. The lowest BCUT2D eigenvalue weighted by Gasteiger charge is -2.06. The highest BCUT2D eigenvalue weighted by molar-refractivity contribution is 7.99. The molecule has 0 aliphatic rings. The second-order valence-corrected chi connectivity index (χ2v) is 6.39. The second kappa shape index (κ2) is 6.96. The SMILES string of the molecule is Cc1c(C)n2c(SCC(=O)Nc3ccc([N+](=O)[O-])cc3)nnc2[nH]c1=O. The van der Waals surface area contributed by atoms with E-state index in [0.717, 1.165) is 0 Å². The average molecular weight is 374 g/mol. The van der Waals surface area contributed by atoms with Crippen LogP contribution in [0.25, 0.3) is 5.78 Å². The van der Waals surface area contributed by atoms with Gasteiger partial charge in [0.05, 0.1) is 10.7 Å². The van der Waals surface area contributed by atoms with E-state index in [1.807, 2.05) is 0 Å². The number of hydrogen-bond donors (Lipinski definition) is 2. The topological polar surface area (TPSA) is 135 Å². The van der Waals surface area contributed by atoms with Gasteiger partial charge >= 0.3 is 0 Å². The third-order valence-corrected chi connectivity index (χ3v) is 4.70. The number of aromatic amines is 1. The summed E-state index contributed by atoms with van der Waals surface area (Å²) in [6.45, 7) is 3.48. The zero-order valence-electron chi connectivity index (χ0n) is 13.8. The summed E-state index contributed by atoms with van der Waals surface area (Å²) >= 11 is 1.17. The summed E-state index contributed by atoms with van der Waals surface area (Å²) in [7, 11) is 0. The summed E-state index contributed by atoms with van der Waals surface area (Å²) in [6, 6.07) is 5.56. The molecule has 0 atom stereocenters. The number of nitro groups is 1. The Morgan fingerprint density at radius 2 is 2.00 bits per heavy atom. The van der Waals surface area contributed by atoms with Crippen LogP contribution in [0.2, 0.25) is 0 Å². The molecule has 0 aliphatic heterocycles. The van der Waals surface area contributed by atoms with Gasteiger partial charge in [0.1, 0.15) is 0 Å². The van der Waals surface area contributed by atoms with Crippen molar-refractivity contribution < 1.29 is 9.72 Å². The Balaban J connectivity index is 1.70. The third-order valence-electron chi connectivity index (χ3n) is 3.77. The van der Waals surface area contributed by atoms with Gasteiger partial charge in [-0.15, -0.1) is 10.2 Å². The average Bonchev–Trinajstić information content (AvgIpc) is 3.01. The first kappa shape index (κ1) is 17.6. The molecule has 26 heavy (non-hydrogen) atoms. The van der Waals surface area contributed by atoms with Crippen molar-refractivity contribution >= 4 is 34.8 Å². The van der Waals surface area contributed by atoms with Crippen molar-refractivity contribution in [2.45, 2.75) is 19.0 Å². The van der Waals surface area contributed by atoms with E-state index in [4.69, 9.17) is 0 Å². The minimum atomic E-state index is -0.507. The van der Waals surface area contributed by atoms with Gasteiger partial charge in [-0.2, -0.15) is 0 Å². The predicted molar refractivity (Wildman–Crippen MR) is 95.5 cm³/mol. The molecule has 0 radical (unpaired) electrons. The molecule has 10 nitrogen and oxygen atoms in total. The Morgan fingerprint density at radius 1 is 1.31 bits per heavy atom. The van der Waals surface area contributed by atoms with Crippen molar-refractivity contribution in [3.05, 3.63) is 56.0 Å². The van der Waals surface area contributed by atoms with Gasteiger partial charge < -0.3 is 5.32 Å². The lowest BCUT2D eigenvalue weighted by molar-refractivity contribution is -0.384. The minimum absolute atomic E-state index is 0.0489. The Kier molecular flexibility index (Phi) is 4.71. The van der Waals surface area contributed by atoms with Gasteiger partial charge in [-0.05, 0) is 26.0 Å². The summed E-state index contributed by atoms with van der Waals surface area (Å²) in [5, 5.41) is 21.7. The first-order chi connectivity index (χ1) is 12.4. The molecule has 0 saturated carbocycles. The number of rotatable bonds is 5. The van der Waals surface area contributed by atoms with Gasteiger partial charge in [0.2, 0.25) is 11.7 Å². The number of nitro benzene ring substituents is 1. The number of carbonyl (C=O) groups excluding carboxylic acids is 1. The number of anilines is 1. The zero-order valence-corrected chi connectivity index (χ0v) is 14.7. The van der Waals surface area contributed by atoms with Crippen LogP contribution in [0.3, 0.4) is 0 Å². The van der Waals surface area contributed by atoms with Gasteiger partial charge in [-0.1, -0.05) is 11.8 Å². The largest absolute Gasteiger partial charge is 0.325 e. The summed E-state index contributed by atoms with van der Waals surface area (Å²) < 4.78 is 1.68. The van der Waals surface area contributed by atoms with E-state index < -0.39 is 4.92 Å². The number of amides is 1. The van der Waals surface area contributed by atoms with E-state index in [9.17, 15) is 19.7 Å². The Hall–Kier alpha value is -3.21. The smallest absolute Gasteiger partial charge is 0.269 e. The van der Waals surface area contributed by atoms with Crippen LogP contribution in [0.1, 0.15) is 11.3 Å². The van der Waals surface area contributed by atoms with Gasteiger partial charge in [0, 0.05) is 29.1 Å². The van der Waals surface area contributed by atoms with Crippen LogP contribution in [-0.4, -0.2) is 36.2 Å². The summed E-state index contributed by atoms with van der Waals surface area (Å²) in [6.07, 6.45) is 0. The number of hydrogen-bond acceptors (Lipinski definition) is 7. The maximum absolute atomic E-state index is 12.1. The normalized spacial score (nSPS) is 10.8. The summed E-state index contributed by atoms with van der Waals surface area (Å²) in [5.41, 5.74) is 1.44. The molecule has 1 amide bonds. The zero-order chi connectivity index (χ0) is 18.8. The molecule has 0 aliphatic carbocycles. The number of thioether (sulfide) groups is 1. The maximum Gasteiger partial charge on any atom is 0.269 e. The fourth-order valence-corrected chi connectivity index (χ4v) is 3.05. The molecule has 2 aromatic heterocycles. The van der Waals surface area contributed by atoms with Crippen LogP contribution in [0, 0.1) is 24.0 Å². The highest BCUT2D eigenvalue weighted by Gasteiger charge is 2.14. The minimum Gasteiger partial charge on any atom is -0.325 e. The fourth-order valence-electron chi connectivity index (χ4n) is 2.27. The lowest BCUT2D eigenvalue weighted by atomic mass is 10.3. The Labute approximate surface area is 150 Å². The van der Waals surface area contributed by atoms with Crippen molar-refractivity contribution in [2.24, 2.45) is 0 Å². The van der Waals surface area contributed by atoms with Crippen molar-refractivity contribution in [3.63, 3.8) is 0 Å². The standard InChI is InChI=1S/C15H14N6O4S/c1-8-9(2)20-14(17-13(8)23)18-19-15(20)26-7-12(22)16-10-3-5-11(6-4-10)21(24)25/h3-6H,7H2,1-2H3,(H,16,22)(H,17,18,23). The van der Waals surface area contributed by atoms with E-state index in [1.54, 1.807) is 18.2 Å². The maximum atomic E-state index is 12.1. The predicted octanol–water partition coefficient (Wildman–Crippen LogP) is 1.67. The first-order valence-electron chi connectivity index (χ1n) is 7.48. The van der Waals surface area contributed by atoms with Crippen LogP contribution in [-0.2, 0) is 4.79 Å². The van der Waals surface area contributed by atoms with E-state index in [2.05, 4.69) is 20.5 Å². The molecule has 0 saturated heterocycles. The molecule has 0 fully saturated rings.